The molecule has 0 aromatic rings. The highest BCUT2D eigenvalue weighted by Crippen LogP contribution is 2.25. The first-order valence-corrected chi connectivity index (χ1v) is 2.77. The molecule has 0 spiro atoms. The van der Waals surface area contributed by atoms with Crippen LogP contribution in [0.5, 0.6) is 0 Å². The molecule has 2 unspecified atom stereocenters. The van der Waals surface area contributed by atoms with Crippen LogP contribution in [-0.2, 0) is 4.74 Å². The molecular formula is C5H8NO. The molecule has 3 fully saturated rings. The van der Waals surface area contributed by atoms with Crippen molar-refractivity contribution in [1.82, 2.24) is 5.32 Å². The lowest BCUT2D eigenvalue weighted by Crippen LogP contribution is -2.50. The van der Waals surface area contributed by atoms with Crippen LogP contribution in [0, 0.1) is 0 Å². The van der Waals surface area contributed by atoms with E-state index in [-0.39, 0.29) is 0 Å². The Labute approximate surface area is 42.9 Å². The highest BCUT2D eigenvalue weighted by molar-refractivity contribution is 4.81. The first-order valence-electron chi connectivity index (χ1n) is 2.77. The smallest absolute Gasteiger partial charge is 0.126 e. The molecule has 0 amide bonds. The van der Waals surface area contributed by atoms with Gasteiger partial charge in [0.25, 0.3) is 0 Å². The Balaban J connectivity index is 1.99. The minimum absolute atomic E-state index is 0.304. The van der Waals surface area contributed by atoms with E-state index in [9.17, 15) is 0 Å². The molecular weight excluding hydrogens is 90.1 g/mol. The Morgan fingerprint density at radius 1 is 1.57 bits per heavy atom. The number of rotatable bonds is 0. The fraction of sp³-hybridized carbons (Fsp3) is 1.00. The van der Waals surface area contributed by atoms with Crippen LogP contribution < -0.4 is 5.32 Å². The molecule has 0 aromatic heterocycles. The Hall–Kier alpha value is -0.0800. The number of nitrogens with zero attached hydrogens (tertiary/aromatic N) is 1. The van der Waals surface area contributed by atoms with Crippen molar-refractivity contribution >= 4 is 0 Å². The van der Waals surface area contributed by atoms with Crippen LogP contribution in [0.3, 0.4) is 0 Å². The van der Waals surface area contributed by atoms with Gasteiger partial charge in [0.15, 0.2) is 0 Å². The molecule has 39 valence electrons. The fourth-order valence-electron chi connectivity index (χ4n) is 1.10. The second-order valence-electron chi connectivity index (χ2n) is 2.14. The van der Waals surface area contributed by atoms with Gasteiger partial charge in [-0.25, -0.2) is 5.32 Å². The molecule has 0 N–H and O–H groups in total. The van der Waals surface area contributed by atoms with Gasteiger partial charge in [-0.2, -0.15) is 0 Å². The molecule has 0 aromatic carbocycles. The summed E-state index contributed by atoms with van der Waals surface area (Å²) in [6, 6.07) is 0. The monoisotopic (exact) mass is 98.1 g/mol. The summed E-state index contributed by atoms with van der Waals surface area (Å²) < 4.78 is 5.21. The average Bonchev–Trinajstić information content (AvgIpc) is 1.67. The maximum atomic E-state index is 5.21. The highest BCUT2D eigenvalue weighted by atomic mass is 16.5. The van der Waals surface area contributed by atoms with Crippen molar-refractivity contribution in [3.05, 3.63) is 0 Å². The van der Waals surface area contributed by atoms with Crippen LogP contribution in [0.1, 0.15) is 12.8 Å². The van der Waals surface area contributed by atoms with Gasteiger partial charge >= 0.3 is 0 Å². The number of hydrogen-bond donors (Lipinski definition) is 0. The lowest BCUT2D eigenvalue weighted by atomic mass is 10.0. The summed E-state index contributed by atoms with van der Waals surface area (Å²) in [5.41, 5.74) is 0. The van der Waals surface area contributed by atoms with Crippen molar-refractivity contribution in [1.29, 1.82) is 0 Å². The molecule has 3 heterocycles. The average molecular weight is 98.1 g/mol. The zero-order valence-corrected chi connectivity index (χ0v) is 4.13. The summed E-state index contributed by atoms with van der Waals surface area (Å²) in [6.07, 6.45) is 3.25. The van der Waals surface area contributed by atoms with E-state index in [0.29, 0.717) is 12.3 Å². The predicted molar refractivity (Wildman–Crippen MR) is 24.9 cm³/mol. The number of piperidine rings is 1. The van der Waals surface area contributed by atoms with Crippen LogP contribution in [0.25, 0.3) is 0 Å². The Bertz CT molecular complexity index is 64.6. The molecule has 1 radical (unpaired) electrons. The third-order valence-corrected chi connectivity index (χ3v) is 1.60. The molecule has 3 aliphatic heterocycles. The van der Waals surface area contributed by atoms with Crippen LogP contribution in [-0.4, -0.2) is 18.9 Å². The van der Waals surface area contributed by atoms with E-state index in [4.69, 9.17) is 4.74 Å². The van der Waals surface area contributed by atoms with Gasteiger partial charge in [-0.1, -0.05) is 0 Å². The van der Waals surface area contributed by atoms with Gasteiger partial charge in [-0.3, -0.25) is 0 Å². The summed E-state index contributed by atoms with van der Waals surface area (Å²) in [5, 5.41) is 4.17. The fourth-order valence-corrected chi connectivity index (χ4v) is 1.10. The molecule has 3 rings (SSSR count). The largest absolute Gasteiger partial charge is 0.358 e. The van der Waals surface area contributed by atoms with Crippen molar-refractivity contribution in [2.75, 3.05) is 6.54 Å². The summed E-state index contributed by atoms with van der Waals surface area (Å²) in [4.78, 5) is 0. The maximum Gasteiger partial charge on any atom is 0.126 e. The Kier molecular flexibility index (Phi) is 0.664. The quantitative estimate of drug-likeness (QED) is 0.421. The SMILES string of the molecule is C1CC2CC([N]1)O2. The van der Waals surface area contributed by atoms with Gasteiger partial charge in [0.2, 0.25) is 0 Å². The lowest BCUT2D eigenvalue weighted by Gasteiger charge is -2.40. The number of hydrogen-bond acceptors (Lipinski definition) is 1. The molecule has 2 atom stereocenters. The molecule has 0 saturated carbocycles. The van der Waals surface area contributed by atoms with Crippen molar-refractivity contribution in [3.63, 3.8) is 0 Å². The standard InChI is InChI=1S/C5H8NO/c1-2-6-5-3-4(1)7-5/h4-5H,1-3H2. The van der Waals surface area contributed by atoms with Crippen LogP contribution in [0.4, 0.5) is 0 Å². The van der Waals surface area contributed by atoms with Crippen molar-refractivity contribution in [2.24, 2.45) is 0 Å². The molecule has 2 heteroatoms. The first-order chi connectivity index (χ1) is 3.45. The first kappa shape index (κ1) is 3.87. The minimum atomic E-state index is 0.304. The predicted octanol–water partition coefficient (Wildman–Crippen LogP) is 0.109. The molecule has 7 heavy (non-hydrogen) atoms. The van der Waals surface area contributed by atoms with E-state index in [1.54, 1.807) is 0 Å². The van der Waals surface area contributed by atoms with Gasteiger partial charge in [0.05, 0.1) is 6.10 Å². The number of ether oxygens (including phenoxy) is 1. The summed E-state index contributed by atoms with van der Waals surface area (Å²) in [5.74, 6) is 0. The molecule has 3 aliphatic rings. The van der Waals surface area contributed by atoms with E-state index in [0.717, 1.165) is 13.0 Å². The zero-order chi connectivity index (χ0) is 4.69. The molecule has 2 bridgehead atoms. The summed E-state index contributed by atoms with van der Waals surface area (Å²) in [7, 11) is 0. The van der Waals surface area contributed by atoms with Crippen LogP contribution in [0.2, 0.25) is 0 Å². The lowest BCUT2D eigenvalue weighted by molar-refractivity contribution is -0.169. The Morgan fingerprint density at radius 2 is 2.43 bits per heavy atom. The van der Waals surface area contributed by atoms with E-state index < -0.39 is 0 Å². The second-order valence-corrected chi connectivity index (χ2v) is 2.14. The van der Waals surface area contributed by atoms with Crippen LogP contribution in [0.15, 0.2) is 0 Å². The third-order valence-electron chi connectivity index (χ3n) is 1.60. The number of fused-ring (bicyclic) bond motifs is 2. The molecule has 3 saturated heterocycles. The van der Waals surface area contributed by atoms with E-state index in [1.807, 2.05) is 0 Å². The minimum Gasteiger partial charge on any atom is -0.358 e. The highest BCUT2D eigenvalue weighted by Gasteiger charge is 2.34. The van der Waals surface area contributed by atoms with E-state index in [2.05, 4.69) is 5.32 Å². The van der Waals surface area contributed by atoms with Gasteiger partial charge < -0.3 is 4.74 Å². The van der Waals surface area contributed by atoms with E-state index in [1.165, 1.54) is 6.42 Å². The Morgan fingerprint density at radius 3 is 2.57 bits per heavy atom. The van der Waals surface area contributed by atoms with Crippen molar-refractivity contribution < 1.29 is 4.74 Å². The van der Waals surface area contributed by atoms with Crippen LogP contribution >= 0.6 is 0 Å². The molecule has 2 nitrogen and oxygen atoms in total. The van der Waals surface area contributed by atoms with Gasteiger partial charge in [-0.05, 0) is 6.42 Å². The van der Waals surface area contributed by atoms with E-state index >= 15 is 0 Å². The van der Waals surface area contributed by atoms with Crippen molar-refractivity contribution in [2.45, 2.75) is 25.2 Å². The van der Waals surface area contributed by atoms with Gasteiger partial charge in [0, 0.05) is 13.0 Å². The summed E-state index contributed by atoms with van der Waals surface area (Å²) >= 11 is 0. The van der Waals surface area contributed by atoms with Gasteiger partial charge in [0.1, 0.15) is 6.23 Å². The second kappa shape index (κ2) is 1.20. The third kappa shape index (κ3) is 0.469. The topological polar surface area (TPSA) is 23.3 Å². The van der Waals surface area contributed by atoms with Crippen molar-refractivity contribution in [3.8, 4) is 0 Å². The van der Waals surface area contributed by atoms with Gasteiger partial charge in [-0.15, -0.1) is 0 Å². The zero-order valence-electron chi connectivity index (χ0n) is 4.13. The summed E-state index contributed by atoms with van der Waals surface area (Å²) in [6.45, 7) is 1.04. The molecule has 0 aliphatic carbocycles. The maximum absolute atomic E-state index is 5.21. The normalized spacial score (nSPS) is 48.0.